The zero-order chi connectivity index (χ0) is 11.2. The molecule has 86 valence electrons. The molecule has 0 N–H and O–H groups in total. The Kier molecular flexibility index (Phi) is 6.43. The summed E-state index contributed by atoms with van der Waals surface area (Å²) < 4.78 is 0. The van der Waals surface area contributed by atoms with Crippen molar-refractivity contribution in [3.8, 4) is 0 Å². The van der Waals surface area contributed by atoms with Gasteiger partial charge in [-0.05, 0) is 38.3 Å². The summed E-state index contributed by atoms with van der Waals surface area (Å²) in [4.78, 5) is 2.55. The van der Waals surface area contributed by atoms with Gasteiger partial charge in [0.25, 0.3) is 0 Å². The predicted molar refractivity (Wildman–Crippen MR) is 65.7 cm³/mol. The summed E-state index contributed by atoms with van der Waals surface area (Å²) >= 11 is 0. The van der Waals surface area contributed by atoms with Crippen LogP contribution in [0.5, 0.6) is 0 Å². The smallest absolute Gasteiger partial charge is 0.00717 e. The minimum atomic E-state index is 0.511. The van der Waals surface area contributed by atoms with Crippen LogP contribution in [0.3, 0.4) is 0 Å². The minimum Gasteiger partial charge on any atom is -0.301 e. The van der Waals surface area contributed by atoms with E-state index < -0.39 is 0 Å². The molecule has 0 saturated heterocycles. The maximum absolute atomic E-state index is 2.55. The van der Waals surface area contributed by atoms with E-state index in [2.05, 4.69) is 46.4 Å². The highest BCUT2D eigenvalue weighted by molar-refractivity contribution is 4.76. The fourth-order valence-electron chi connectivity index (χ4n) is 2.55. The van der Waals surface area contributed by atoms with Gasteiger partial charge >= 0.3 is 0 Å². The zero-order valence-corrected chi connectivity index (χ0v) is 11.1. The molecule has 0 rings (SSSR count). The highest BCUT2D eigenvalue weighted by atomic mass is 15.1. The van der Waals surface area contributed by atoms with Crippen LogP contribution in [0.4, 0.5) is 0 Å². The van der Waals surface area contributed by atoms with Gasteiger partial charge in [-0.25, -0.2) is 0 Å². The Labute approximate surface area is 90.9 Å². The topological polar surface area (TPSA) is 3.24 Å². The van der Waals surface area contributed by atoms with E-state index in [1.165, 1.54) is 32.4 Å². The van der Waals surface area contributed by atoms with Crippen molar-refractivity contribution in [3.63, 3.8) is 0 Å². The Balaban J connectivity index is 4.07. The van der Waals surface area contributed by atoms with E-state index in [9.17, 15) is 0 Å². The van der Waals surface area contributed by atoms with E-state index >= 15 is 0 Å². The third kappa shape index (κ3) is 4.99. The normalized spacial score (nSPS) is 14.8. The minimum absolute atomic E-state index is 0.511. The van der Waals surface area contributed by atoms with Crippen LogP contribution in [-0.4, -0.2) is 24.0 Å². The second-order valence-electron chi connectivity index (χ2n) is 5.19. The maximum atomic E-state index is 2.55. The molecule has 0 aromatic rings. The molecule has 0 fully saturated rings. The first kappa shape index (κ1) is 14.0. The Hall–Kier alpha value is -0.0400. The van der Waals surface area contributed by atoms with Crippen LogP contribution in [0, 0.1) is 5.41 Å². The second kappa shape index (κ2) is 6.44. The largest absolute Gasteiger partial charge is 0.301 e. The quantitative estimate of drug-likeness (QED) is 0.600. The third-order valence-electron chi connectivity index (χ3n) is 3.21. The van der Waals surface area contributed by atoms with Gasteiger partial charge < -0.3 is 4.90 Å². The number of hydrogen-bond donors (Lipinski definition) is 0. The molecular formula is C13H29N. The molecule has 0 radical (unpaired) electrons. The van der Waals surface area contributed by atoms with Gasteiger partial charge in [-0.15, -0.1) is 0 Å². The van der Waals surface area contributed by atoms with Crippen molar-refractivity contribution in [1.29, 1.82) is 0 Å². The highest BCUT2D eigenvalue weighted by Gasteiger charge is 2.22. The SMILES string of the molecule is CCCC(C)(C)CC(C)N(CC)CC. The van der Waals surface area contributed by atoms with Crippen LogP contribution < -0.4 is 0 Å². The van der Waals surface area contributed by atoms with Gasteiger partial charge in [-0.2, -0.15) is 0 Å². The third-order valence-corrected chi connectivity index (χ3v) is 3.21. The average molecular weight is 199 g/mol. The molecule has 0 aromatic heterocycles. The van der Waals surface area contributed by atoms with Crippen molar-refractivity contribution in [3.05, 3.63) is 0 Å². The van der Waals surface area contributed by atoms with Gasteiger partial charge in [-0.1, -0.05) is 41.0 Å². The van der Waals surface area contributed by atoms with E-state index in [0.29, 0.717) is 5.41 Å². The lowest BCUT2D eigenvalue weighted by Gasteiger charge is -2.34. The molecule has 0 aliphatic heterocycles. The van der Waals surface area contributed by atoms with Gasteiger partial charge in [-0.3, -0.25) is 0 Å². The second-order valence-corrected chi connectivity index (χ2v) is 5.19. The van der Waals surface area contributed by atoms with Crippen molar-refractivity contribution >= 4 is 0 Å². The molecule has 0 aliphatic carbocycles. The Bertz CT molecular complexity index is 136. The van der Waals surface area contributed by atoms with Crippen molar-refractivity contribution in [2.24, 2.45) is 5.41 Å². The molecule has 1 nitrogen and oxygen atoms in total. The van der Waals surface area contributed by atoms with Gasteiger partial charge in [0.2, 0.25) is 0 Å². The monoisotopic (exact) mass is 199 g/mol. The molecular weight excluding hydrogens is 170 g/mol. The van der Waals surface area contributed by atoms with Crippen LogP contribution in [-0.2, 0) is 0 Å². The molecule has 1 atom stereocenters. The Morgan fingerprint density at radius 1 is 1.07 bits per heavy atom. The summed E-state index contributed by atoms with van der Waals surface area (Å²) in [5.41, 5.74) is 0.511. The molecule has 0 aromatic carbocycles. The van der Waals surface area contributed by atoms with Gasteiger partial charge in [0.05, 0.1) is 0 Å². The number of nitrogens with zero attached hydrogens (tertiary/aromatic N) is 1. The van der Waals surface area contributed by atoms with Crippen molar-refractivity contribution in [1.82, 2.24) is 4.90 Å². The van der Waals surface area contributed by atoms with Gasteiger partial charge in [0.1, 0.15) is 0 Å². The van der Waals surface area contributed by atoms with E-state index in [-0.39, 0.29) is 0 Å². The molecule has 0 heterocycles. The molecule has 0 bridgehead atoms. The first-order valence-corrected chi connectivity index (χ1v) is 6.20. The van der Waals surface area contributed by atoms with Gasteiger partial charge in [0.15, 0.2) is 0 Å². The molecule has 0 amide bonds. The summed E-state index contributed by atoms with van der Waals surface area (Å²) in [5.74, 6) is 0. The highest BCUT2D eigenvalue weighted by Crippen LogP contribution is 2.29. The predicted octanol–water partition coefficient (Wildman–Crippen LogP) is 3.93. The first-order chi connectivity index (χ1) is 6.46. The Morgan fingerprint density at radius 3 is 1.93 bits per heavy atom. The van der Waals surface area contributed by atoms with E-state index in [0.717, 1.165) is 6.04 Å². The number of hydrogen-bond acceptors (Lipinski definition) is 1. The summed E-state index contributed by atoms with van der Waals surface area (Å²) in [7, 11) is 0. The molecule has 0 spiro atoms. The zero-order valence-electron chi connectivity index (χ0n) is 11.1. The summed E-state index contributed by atoms with van der Waals surface area (Å²) in [6.07, 6.45) is 3.97. The van der Waals surface area contributed by atoms with Crippen LogP contribution in [0.1, 0.15) is 60.8 Å². The maximum Gasteiger partial charge on any atom is 0.00717 e. The summed E-state index contributed by atoms with van der Waals surface area (Å²) in [6, 6.07) is 0.728. The van der Waals surface area contributed by atoms with Gasteiger partial charge in [0, 0.05) is 6.04 Å². The fraction of sp³-hybridized carbons (Fsp3) is 1.00. The molecule has 1 heteroatoms. The lowest BCUT2D eigenvalue weighted by molar-refractivity contribution is 0.159. The lowest BCUT2D eigenvalue weighted by atomic mass is 9.82. The first-order valence-electron chi connectivity index (χ1n) is 6.20. The summed E-state index contributed by atoms with van der Waals surface area (Å²) in [5, 5.41) is 0. The van der Waals surface area contributed by atoms with E-state index in [4.69, 9.17) is 0 Å². The molecule has 0 aliphatic rings. The van der Waals surface area contributed by atoms with Crippen LogP contribution in [0.25, 0.3) is 0 Å². The molecule has 14 heavy (non-hydrogen) atoms. The van der Waals surface area contributed by atoms with E-state index in [1.807, 2.05) is 0 Å². The average Bonchev–Trinajstić information content (AvgIpc) is 2.04. The standard InChI is InChI=1S/C13H29N/c1-7-10-13(5,6)11-12(4)14(8-2)9-3/h12H,7-11H2,1-6H3. The van der Waals surface area contributed by atoms with Crippen LogP contribution in [0.2, 0.25) is 0 Å². The summed E-state index contributed by atoms with van der Waals surface area (Å²) in [6.45, 7) is 16.3. The molecule has 0 saturated carbocycles. The van der Waals surface area contributed by atoms with Crippen molar-refractivity contribution in [2.45, 2.75) is 66.8 Å². The van der Waals surface area contributed by atoms with Crippen LogP contribution >= 0.6 is 0 Å². The van der Waals surface area contributed by atoms with E-state index in [1.54, 1.807) is 0 Å². The number of rotatable bonds is 7. The lowest BCUT2D eigenvalue weighted by Crippen LogP contribution is -2.36. The van der Waals surface area contributed by atoms with Crippen molar-refractivity contribution in [2.75, 3.05) is 13.1 Å². The fourth-order valence-corrected chi connectivity index (χ4v) is 2.55. The van der Waals surface area contributed by atoms with Crippen molar-refractivity contribution < 1.29 is 0 Å². The van der Waals surface area contributed by atoms with Crippen LogP contribution in [0.15, 0.2) is 0 Å². The Morgan fingerprint density at radius 2 is 1.57 bits per heavy atom. The molecule has 1 unspecified atom stereocenters.